The van der Waals surface area contributed by atoms with Crippen molar-refractivity contribution in [2.75, 3.05) is 6.61 Å². The molecule has 0 unspecified atom stereocenters. The third-order valence-electron chi connectivity index (χ3n) is 2.86. The minimum Gasteiger partial charge on any atom is -0.467 e. The molecule has 1 atom stereocenters. The number of furan rings is 2. The predicted molar refractivity (Wildman–Crippen MR) is 72.8 cm³/mol. The van der Waals surface area contributed by atoms with Crippen molar-refractivity contribution in [3.63, 3.8) is 0 Å². The molecule has 3 aromatic rings. The van der Waals surface area contributed by atoms with Crippen LogP contribution in [-0.2, 0) is 17.9 Å². The molecule has 8 heteroatoms. The highest BCUT2D eigenvalue weighted by Crippen LogP contribution is 2.15. The van der Waals surface area contributed by atoms with Crippen molar-refractivity contribution in [2.45, 2.75) is 19.3 Å². The Morgan fingerprint density at radius 2 is 2.09 bits per heavy atom. The fraction of sp³-hybridized carbons (Fsp3) is 0.286. The molecule has 0 amide bonds. The van der Waals surface area contributed by atoms with Crippen molar-refractivity contribution in [3.8, 4) is 11.7 Å². The maximum atomic E-state index is 11.7. The zero-order valence-corrected chi connectivity index (χ0v) is 11.5. The molecule has 0 aliphatic heterocycles. The molecule has 8 nitrogen and oxygen atoms in total. The van der Waals surface area contributed by atoms with Gasteiger partial charge in [0, 0.05) is 0 Å². The lowest BCUT2D eigenvalue weighted by Crippen LogP contribution is -2.27. The fourth-order valence-electron chi connectivity index (χ4n) is 1.86. The van der Waals surface area contributed by atoms with Gasteiger partial charge in [-0.2, -0.15) is 4.68 Å². The van der Waals surface area contributed by atoms with E-state index in [9.17, 15) is 9.90 Å². The summed E-state index contributed by atoms with van der Waals surface area (Å²) >= 11 is 0. The van der Waals surface area contributed by atoms with Crippen LogP contribution in [0.1, 0.15) is 5.76 Å². The van der Waals surface area contributed by atoms with E-state index >= 15 is 0 Å². The van der Waals surface area contributed by atoms with E-state index in [0.717, 1.165) is 4.68 Å². The minimum absolute atomic E-state index is 0.0378. The Morgan fingerprint density at radius 1 is 1.27 bits per heavy atom. The van der Waals surface area contributed by atoms with Gasteiger partial charge in [0.05, 0.1) is 31.8 Å². The molecule has 0 aromatic carbocycles. The molecule has 0 bridgehead atoms. The quantitative estimate of drug-likeness (QED) is 0.700. The lowest BCUT2D eigenvalue weighted by atomic mass is 10.4. The number of nitrogens with zero attached hydrogens (tertiary/aromatic N) is 2. The highest BCUT2D eigenvalue weighted by atomic mass is 16.5. The SMILES string of the molecule is O=c1oc(-c2ccco2)nn1C[C@@H](O)COCc1ccco1. The van der Waals surface area contributed by atoms with Gasteiger partial charge in [-0.25, -0.2) is 4.79 Å². The second-order valence-electron chi connectivity index (χ2n) is 4.58. The Hall–Kier alpha value is -2.58. The largest absolute Gasteiger partial charge is 0.467 e. The summed E-state index contributed by atoms with van der Waals surface area (Å²) in [6, 6.07) is 6.80. The smallest absolute Gasteiger partial charge is 0.437 e. The molecular formula is C14H14N2O6. The number of aliphatic hydroxyl groups is 1. The summed E-state index contributed by atoms with van der Waals surface area (Å²) in [5.41, 5.74) is 0. The highest BCUT2D eigenvalue weighted by molar-refractivity contribution is 5.42. The van der Waals surface area contributed by atoms with Gasteiger partial charge < -0.3 is 23.1 Å². The number of hydrogen-bond acceptors (Lipinski definition) is 7. The molecule has 116 valence electrons. The van der Waals surface area contributed by atoms with Crippen LogP contribution < -0.4 is 5.76 Å². The van der Waals surface area contributed by atoms with E-state index in [4.69, 9.17) is 18.0 Å². The van der Waals surface area contributed by atoms with Gasteiger partial charge in [-0.05, 0) is 24.3 Å². The number of hydrogen-bond donors (Lipinski definition) is 1. The molecule has 0 spiro atoms. The Bertz CT molecular complexity index is 741. The Labute approximate surface area is 124 Å². The summed E-state index contributed by atoms with van der Waals surface area (Å²) in [5.74, 6) is 0.403. The Kier molecular flexibility index (Phi) is 4.22. The average molecular weight is 306 g/mol. The molecular weight excluding hydrogens is 292 g/mol. The van der Waals surface area contributed by atoms with Crippen molar-refractivity contribution in [3.05, 3.63) is 53.1 Å². The van der Waals surface area contributed by atoms with Crippen molar-refractivity contribution >= 4 is 0 Å². The van der Waals surface area contributed by atoms with Crippen molar-refractivity contribution in [1.29, 1.82) is 0 Å². The summed E-state index contributed by atoms with van der Waals surface area (Å²) in [6.07, 6.45) is 2.09. The van der Waals surface area contributed by atoms with E-state index in [1.54, 1.807) is 30.5 Å². The van der Waals surface area contributed by atoms with Crippen LogP contribution in [0.5, 0.6) is 0 Å². The van der Waals surface area contributed by atoms with Crippen LogP contribution in [0.25, 0.3) is 11.7 Å². The molecule has 1 N–H and O–H groups in total. The molecule has 0 aliphatic carbocycles. The van der Waals surface area contributed by atoms with Crippen LogP contribution in [0.2, 0.25) is 0 Å². The minimum atomic E-state index is -0.901. The molecule has 0 fully saturated rings. The first-order valence-corrected chi connectivity index (χ1v) is 6.62. The third kappa shape index (κ3) is 3.35. The van der Waals surface area contributed by atoms with E-state index in [2.05, 4.69) is 5.10 Å². The van der Waals surface area contributed by atoms with Crippen molar-refractivity contribution in [1.82, 2.24) is 9.78 Å². The first kappa shape index (κ1) is 14.4. The number of aliphatic hydroxyl groups excluding tert-OH is 1. The summed E-state index contributed by atoms with van der Waals surface area (Å²) < 4.78 is 21.5. The van der Waals surface area contributed by atoms with Crippen molar-refractivity contribution < 1.29 is 23.1 Å². The summed E-state index contributed by atoms with van der Waals surface area (Å²) in [4.78, 5) is 11.7. The zero-order chi connectivity index (χ0) is 15.4. The van der Waals surface area contributed by atoms with Crippen molar-refractivity contribution in [2.24, 2.45) is 0 Å². The fourth-order valence-corrected chi connectivity index (χ4v) is 1.86. The van der Waals surface area contributed by atoms with Crippen LogP contribution in [0, 0.1) is 0 Å². The lowest BCUT2D eigenvalue weighted by molar-refractivity contribution is 0.0123. The number of rotatable bonds is 7. The van der Waals surface area contributed by atoms with Gasteiger partial charge in [-0.3, -0.25) is 0 Å². The van der Waals surface area contributed by atoms with Crippen LogP contribution in [0.3, 0.4) is 0 Å². The molecule has 3 heterocycles. The average Bonchev–Trinajstić information content (AvgIpc) is 3.21. The van der Waals surface area contributed by atoms with E-state index in [1.165, 1.54) is 6.26 Å². The van der Waals surface area contributed by atoms with Crippen LogP contribution in [-0.4, -0.2) is 27.6 Å². The number of ether oxygens (including phenoxy) is 1. The lowest BCUT2D eigenvalue weighted by Gasteiger charge is -2.09. The topological polar surface area (TPSA) is 104 Å². The monoisotopic (exact) mass is 306 g/mol. The van der Waals surface area contributed by atoms with E-state index < -0.39 is 11.9 Å². The highest BCUT2D eigenvalue weighted by Gasteiger charge is 2.15. The Morgan fingerprint density at radius 3 is 2.82 bits per heavy atom. The van der Waals surface area contributed by atoms with Crippen LogP contribution in [0.15, 0.2) is 54.8 Å². The van der Waals surface area contributed by atoms with Gasteiger partial charge >= 0.3 is 5.76 Å². The zero-order valence-electron chi connectivity index (χ0n) is 11.5. The molecule has 0 radical (unpaired) electrons. The normalized spacial score (nSPS) is 12.6. The first-order valence-electron chi connectivity index (χ1n) is 6.62. The first-order chi connectivity index (χ1) is 10.7. The summed E-state index contributed by atoms with van der Waals surface area (Å²) in [6.45, 7) is 0.243. The third-order valence-corrected chi connectivity index (χ3v) is 2.86. The molecule has 22 heavy (non-hydrogen) atoms. The van der Waals surface area contributed by atoms with E-state index in [1.807, 2.05) is 0 Å². The molecule has 0 saturated carbocycles. The van der Waals surface area contributed by atoms with Gasteiger partial charge in [0.25, 0.3) is 5.89 Å². The van der Waals surface area contributed by atoms with Crippen LogP contribution in [0.4, 0.5) is 0 Å². The molecule has 0 aliphatic rings. The van der Waals surface area contributed by atoms with Gasteiger partial charge in [-0.15, -0.1) is 5.10 Å². The van der Waals surface area contributed by atoms with Gasteiger partial charge in [0.15, 0.2) is 5.76 Å². The Balaban J connectivity index is 1.55. The van der Waals surface area contributed by atoms with Gasteiger partial charge in [0.2, 0.25) is 0 Å². The standard InChI is InChI=1S/C14H14N2O6/c17-10(8-19-9-11-3-1-5-20-11)7-16-14(18)22-13(15-16)12-4-2-6-21-12/h1-6,10,17H,7-9H2/t10-/m1/s1. The van der Waals surface area contributed by atoms with E-state index in [0.29, 0.717) is 11.5 Å². The summed E-state index contributed by atoms with van der Waals surface area (Å²) in [7, 11) is 0. The molecule has 0 saturated heterocycles. The molecule has 3 rings (SSSR count). The maximum Gasteiger partial charge on any atom is 0.437 e. The molecule has 3 aromatic heterocycles. The van der Waals surface area contributed by atoms with Gasteiger partial charge in [-0.1, -0.05) is 0 Å². The van der Waals surface area contributed by atoms with Crippen LogP contribution >= 0.6 is 0 Å². The predicted octanol–water partition coefficient (Wildman–Crippen LogP) is 1.27. The maximum absolute atomic E-state index is 11.7. The second-order valence-corrected chi connectivity index (χ2v) is 4.58. The van der Waals surface area contributed by atoms with E-state index in [-0.39, 0.29) is 25.6 Å². The number of aromatic nitrogens is 2. The van der Waals surface area contributed by atoms with Gasteiger partial charge in [0.1, 0.15) is 12.4 Å². The second kappa shape index (κ2) is 6.46. The summed E-state index contributed by atoms with van der Waals surface area (Å²) in [5, 5.41) is 13.8.